The number of anilines is 1. The van der Waals surface area contributed by atoms with E-state index in [1.165, 1.54) is 48.1 Å². The van der Waals surface area contributed by atoms with Crippen molar-refractivity contribution in [2.75, 3.05) is 32.6 Å². The van der Waals surface area contributed by atoms with Gasteiger partial charge in [-0.1, -0.05) is 25.1 Å². The van der Waals surface area contributed by atoms with Gasteiger partial charge in [-0.25, -0.2) is 0 Å². The minimum Gasteiger partial charge on any atom is -0.469 e. The highest BCUT2D eigenvalue weighted by atomic mass is 16.5. The number of piperidine rings is 1. The molecule has 4 heteroatoms. The Morgan fingerprint density at radius 2 is 2.08 bits per heavy atom. The van der Waals surface area contributed by atoms with Crippen LogP contribution in [-0.4, -0.2) is 49.3 Å². The topological polar surface area (TPSA) is 38.3 Å². The first kappa shape index (κ1) is 15.5. The average Bonchev–Trinajstić information content (AvgIpc) is 3.27. The number of esters is 1. The number of ether oxygens (including phenoxy) is 1. The van der Waals surface area contributed by atoms with E-state index in [2.05, 4.69) is 43.6 Å². The lowest BCUT2D eigenvalue weighted by Crippen LogP contribution is -2.67. The molecule has 0 amide bonds. The van der Waals surface area contributed by atoms with Gasteiger partial charge in [0.05, 0.1) is 44.1 Å². The molecule has 1 aromatic rings. The van der Waals surface area contributed by atoms with Gasteiger partial charge in [-0.3, -0.25) is 4.79 Å². The minimum absolute atomic E-state index is 0.00136. The van der Waals surface area contributed by atoms with E-state index in [1.807, 2.05) is 0 Å². The summed E-state index contributed by atoms with van der Waals surface area (Å²) >= 11 is 0. The number of nitrogens with one attached hydrogen (secondary N) is 1. The van der Waals surface area contributed by atoms with Crippen molar-refractivity contribution in [1.29, 1.82) is 0 Å². The van der Waals surface area contributed by atoms with Crippen LogP contribution in [-0.2, 0) is 14.9 Å². The summed E-state index contributed by atoms with van der Waals surface area (Å²) in [5.74, 6) is 0.462. The summed E-state index contributed by atoms with van der Waals surface area (Å²) in [4.78, 5) is 13.0. The number of nitrogens with zero attached hydrogens (tertiary/aromatic N) is 1. The molecule has 2 bridgehead atoms. The van der Waals surface area contributed by atoms with Crippen molar-refractivity contribution < 1.29 is 14.0 Å². The van der Waals surface area contributed by atoms with Crippen LogP contribution in [0.3, 0.4) is 0 Å². The maximum atomic E-state index is 13.0. The molecule has 138 valence electrons. The van der Waals surface area contributed by atoms with Crippen molar-refractivity contribution in [1.82, 2.24) is 0 Å². The Bertz CT molecular complexity index is 839. The largest absolute Gasteiger partial charge is 0.469 e. The molecule has 3 spiro atoms. The van der Waals surface area contributed by atoms with E-state index in [0.29, 0.717) is 12.0 Å². The first-order valence-corrected chi connectivity index (χ1v) is 10.3. The molecule has 0 aromatic heterocycles. The second kappa shape index (κ2) is 4.30. The first-order valence-electron chi connectivity index (χ1n) is 10.3. The summed E-state index contributed by atoms with van der Waals surface area (Å²) in [6.45, 7) is 4.98. The Kier molecular flexibility index (Phi) is 2.56. The fraction of sp³-hybridized carbons (Fsp3) is 0.682. The van der Waals surface area contributed by atoms with Gasteiger partial charge in [-0.05, 0) is 36.8 Å². The second-order valence-corrected chi connectivity index (χ2v) is 9.93. The van der Waals surface area contributed by atoms with Gasteiger partial charge in [0.15, 0.2) is 0 Å². The van der Waals surface area contributed by atoms with E-state index < -0.39 is 0 Å². The number of carbonyl (C=O) groups excluding carboxylic acids is 1. The summed E-state index contributed by atoms with van der Waals surface area (Å²) in [5.41, 5.74) is 2.92. The molecule has 2 saturated heterocycles. The lowest BCUT2D eigenvalue weighted by molar-refractivity contribution is -0.936. The molecule has 0 radical (unpaired) electrons. The van der Waals surface area contributed by atoms with Crippen LogP contribution in [0.2, 0.25) is 0 Å². The van der Waals surface area contributed by atoms with Crippen molar-refractivity contribution in [2.45, 2.75) is 49.6 Å². The number of carbonyl (C=O) groups is 1. The molecule has 1 N–H and O–H groups in total. The molecule has 4 nitrogen and oxygen atoms in total. The van der Waals surface area contributed by atoms with E-state index in [-0.39, 0.29) is 28.3 Å². The summed E-state index contributed by atoms with van der Waals surface area (Å²) in [7, 11) is 4.06. The maximum absolute atomic E-state index is 13.0. The normalized spacial score (nSPS) is 52.2. The molecule has 1 aromatic carbocycles. The lowest BCUT2D eigenvalue weighted by atomic mass is 9.56. The van der Waals surface area contributed by atoms with Crippen LogP contribution in [0.1, 0.15) is 38.2 Å². The van der Waals surface area contributed by atoms with Gasteiger partial charge in [0.25, 0.3) is 0 Å². The van der Waals surface area contributed by atoms with Crippen LogP contribution in [0.5, 0.6) is 0 Å². The Labute approximate surface area is 155 Å². The van der Waals surface area contributed by atoms with Crippen molar-refractivity contribution in [3.63, 3.8) is 0 Å². The molecule has 7 atom stereocenters. The van der Waals surface area contributed by atoms with Gasteiger partial charge in [0, 0.05) is 17.5 Å². The van der Waals surface area contributed by atoms with Crippen LogP contribution < -0.4 is 5.32 Å². The van der Waals surface area contributed by atoms with E-state index in [1.54, 1.807) is 7.11 Å². The molecule has 5 aliphatic rings. The maximum Gasteiger partial charge on any atom is 0.311 e. The Balaban J connectivity index is 1.69. The quantitative estimate of drug-likeness (QED) is 0.623. The monoisotopic (exact) mass is 353 g/mol. The highest BCUT2D eigenvalue weighted by molar-refractivity contribution is 5.82. The molecular formula is C22H29N2O2+. The van der Waals surface area contributed by atoms with Crippen LogP contribution in [0, 0.1) is 17.3 Å². The number of para-hydroxylation sites is 1. The third-order valence-electron chi connectivity index (χ3n) is 9.62. The van der Waals surface area contributed by atoms with E-state index in [4.69, 9.17) is 4.74 Å². The predicted octanol–water partition coefficient (Wildman–Crippen LogP) is 2.93. The standard InChI is InChI=1S/C22H29N2O2/c1-14-20-9-6-11-24(2)12-10-21(19(20)24)15-7-4-5-8-17(15)23-22(14,21)16(13-20)18(25)26-3/h4-5,7-8,14,16,19,23H,6,9-13H2,1-3H3/q+1/t14-,16+,19-,20+,21+,22+,24-/m1/s1. The van der Waals surface area contributed by atoms with Crippen LogP contribution >= 0.6 is 0 Å². The van der Waals surface area contributed by atoms with Gasteiger partial charge in [-0.15, -0.1) is 0 Å². The molecule has 26 heavy (non-hydrogen) atoms. The van der Waals surface area contributed by atoms with Gasteiger partial charge >= 0.3 is 5.97 Å². The summed E-state index contributed by atoms with van der Waals surface area (Å²) in [6, 6.07) is 9.52. The highest BCUT2D eigenvalue weighted by Crippen LogP contribution is 2.80. The second-order valence-electron chi connectivity index (χ2n) is 9.93. The SMILES string of the molecule is COC(=O)[C@@H]1C[C@@]23CCC[N@+]4(C)CC[C@]5(c6ccccc6N[C@@]15[C@@H]2C)[C@@H]34. The molecule has 2 saturated carbocycles. The van der Waals surface area contributed by atoms with Gasteiger partial charge in [0.2, 0.25) is 0 Å². The van der Waals surface area contributed by atoms with Crippen molar-refractivity contribution in [3.8, 4) is 0 Å². The Morgan fingerprint density at radius 3 is 2.88 bits per heavy atom. The fourth-order valence-corrected chi connectivity index (χ4v) is 9.19. The van der Waals surface area contributed by atoms with Gasteiger partial charge < -0.3 is 14.5 Å². The first-order chi connectivity index (χ1) is 12.5. The molecule has 4 fully saturated rings. The zero-order valence-electron chi connectivity index (χ0n) is 16.0. The fourth-order valence-electron chi connectivity index (χ4n) is 9.19. The van der Waals surface area contributed by atoms with Gasteiger partial charge in [-0.2, -0.15) is 0 Å². The number of likely N-dealkylation sites (N-methyl/N-ethyl adjacent to an activating group) is 1. The summed E-state index contributed by atoms with van der Waals surface area (Å²) in [5, 5.41) is 3.99. The zero-order chi connectivity index (χ0) is 17.9. The highest BCUT2D eigenvalue weighted by Gasteiger charge is 2.89. The van der Waals surface area contributed by atoms with Crippen molar-refractivity contribution in [3.05, 3.63) is 29.8 Å². The number of hydrogen-bond donors (Lipinski definition) is 1. The third kappa shape index (κ3) is 1.24. The Morgan fingerprint density at radius 1 is 1.27 bits per heavy atom. The molecule has 3 heterocycles. The van der Waals surface area contributed by atoms with Crippen LogP contribution in [0.4, 0.5) is 5.69 Å². The van der Waals surface area contributed by atoms with Gasteiger partial charge in [0.1, 0.15) is 6.04 Å². The van der Waals surface area contributed by atoms with E-state index in [9.17, 15) is 4.79 Å². The summed E-state index contributed by atoms with van der Waals surface area (Å²) < 4.78 is 6.56. The number of benzene rings is 1. The van der Waals surface area contributed by atoms with Crippen LogP contribution in [0.25, 0.3) is 0 Å². The number of methoxy groups -OCH3 is 1. The molecular weight excluding hydrogens is 324 g/mol. The molecule has 2 aliphatic carbocycles. The van der Waals surface area contributed by atoms with Crippen molar-refractivity contribution >= 4 is 11.7 Å². The van der Waals surface area contributed by atoms with Crippen molar-refractivity contribution in [2.24, 2.45) is 17.3 Å². The lowest BCUT2D eigenvalue weighted by Gasteiger charge is -2.54. The number of rotatable bonds is 1. The number of hydrogen-bond acceptors (Lipinski definition) is 3. The summed E-state index contributed by atoms with van der Waals surface area (Å²) in [6.07, 6.45) is 4.76. The number of quaternary nitrogens is 1. The third-order valence-corrected chi connectivity index (χ3v) is 9.62. The predicted molar refractivity (Wildman–Crippen MR) is 99.8 cm³/mol. The number of fused-ring (bicyclic) bond motifs is 1. The average molecular weight is 353 g/mol. The smallest absolute Gasteiger partial charge is 0.311 e. The molecule has 6 rings (SSSR count). The molecule has 0 unspecified atom stereocenters. The van der Waals surface area contributed by atoms with E-state index in [0.717, 1.165) is 6.42 Å². The molecule has 3 aliphatic heterocycles. The van der Waals surface area contributed by atoms with E-state index >= 15 is 0 Å². The minimum atomic E-state index is -0.172. The van der Waals surface area contributed by atoms with Crippen LogP contribution in [0.15, 0.2) is 24.3 Å². The Hall–Kier alpha value is -1.55. The zero-order valence-corrected chi connectivity index (χ0v) is 16.0.